The van der Waals surface area contributed by atoms with Gasteiger partial charge in [0.25, 0.3) is 0 Å². The molecule has 0 fully saturated rings. The molecule has 0 aromatic heterocycles. The van der Waals surface area contributed by atoms with E-state index in [0.717, 1.165) is 5.75 Å². The molecule has 0 saturated carbocycles. The lowest BCUT2D eigenvalue weighted by atomic mass is 9.69. The largest absolute Gasteiger partial charge is 0.468 e. The van der Waals surface area contributed by atoms with Crippen molar-refractivity contribution in [1.29, 1.82) is 0 Å². The van der Waals surface area contributed by atoms with E-state index in [1.165, 1.54) is 13.2 Å². The lowest BCUT2D eigenvalue weighted by molar-refractivity contribution is -0.151. The summed E-state index contributed by atoms with van der Waals surface area (Å²) in [5.41, 5.74) is 1.72. The monoisotopic (exact) mass is 461 g/mol. The Labute approximate surface area is 191 Å². The van der Waals surface area contributed by atoms with Gasteiger partial charge in [0.15, 0.2) is 5.78 Å². The number of thioether (sulfide) groups is 1. The van der Waals surface area contributed by atoms with Crippen LogP contribution < -0.4 is 5.32 Å². The Morgan fingerprint density at radius 2 is 2.00 bits per heavy atom. The number of dihydropyridines is 1. The van der Waals surface area contributed by atoms with Crippen LogP contribution in [-0.4, -0.2) is 42.9 Å². The van der Waals surface area contributed by atoms with E-state index in [2.05, 4.69) is 5.32 Å². The maximum atomic E-state index is 15.0. The molecule has 1 aliphatic heterocycles. The van der Waals surface area contributed by atoms with Gasteiger partial charge in [-0.3, -0.25) is 9.59 Å². The van der Waals surface area contributed by atoms with Crippen LogP contribution >= 0.6 is 11.8 Å². The second kappa shape index (κ2) is 10.3. The van der Waals surface area contributed by atoms with E-state index < -0.39 is 35.4 Å². The quantitative estimate of drug-likeness (QED) is 0.376. The van der Waals surface area contributed by atoms with Gasteiger partial charge in [0.05, 0.1) is 18.6 Å². The van der Waals surface area contributed by atoms with Crippen LogP contribution in [0.5, 0.6) is 0 Å². The van der Waals surface area contributed by atoms with Gasteiger partial charge in [-0.05, 0) is 31.1 Å². The number of esters is 2. The molecule has 8 heteroatoms. The Morgan fingerprint density at radius 3 is 2.66 bits per heavy atom. The third kappa shape index (κ3) is 4.60. The Hall–Kier alpha value is -2.61. The number of benzene rings is 1. The predicted molar refractivity (Wildman–Crippen MR) is 120 cm³/mol. The molecule has 172 valence electrons. The van der Waals surface area contributed by atoms with Gasteiger partial charge in [0, 0.05) is 28.3 Å². The van der Waals surface area contributed by atoms with E-state index in [1.54, 1.807) is 43.8 Å². The molecule has 6 nitrogen and oxygen atoms in total. The van der Waals surface area contributed by atoms with E-state index in [0.29, 0.717) is 23.6 Å². The maximum absolute atomic E-state index is 15.0. The minimum Gasteiger partial charge on any atom is -0.468 e. The number of carbonyl (C=O) groups excluding carboxylic acids is 3. The average Bonchev–Trinajstić information content (AvgIpc) is 2.75. The molecule has 32 heavy (non-hydrogen) atoms. The SMILES string of the molecule is CCSCCOC(=O)C1=C(C)NC2=C(C(=O)[C@H](C(=O)OC)[C@H](C)C2)[C@@H]1c1ccccc1F. The van der Waals surface area contributed by atoms with Crippen molar-refractivity contribution in [2.24, 2.45) is 11.8 Å². The van der Waals surface area contributed by atoms with Crippen molar-refractivity contribution >= 4 is 29.5 Å². The molecule has 0 spiro atoms. The molecule has 1 N–H and O–H groups in total. The number of hydrogen-bond acceptors (Lipinski definition) is 7. The summed E-state index contributed by atoms with van der Waals surface area (Å²) in [7, 11) is 1.24. The molecule has 3 rings (SSSR count). The topological polar surface area (TPSA) is 81.7 Å². The van der Waals surface area contributed by atoms with Gasteiger partial charge >= 0.3 is 11.9 Å². The number of Topliss-reactive ketones (excluding diaryl/α,β-unsaturated/α-hetero) is 1. The third-order valence-corrected chi connectivity index (χ3v) is 6.71. The van der Waals surface area contributed by atoms with Crippen molar-refractivity contribution in [2.75, 3.05) is 25.2 Å². The number of ether oxygens (including phenoxy) is 2. The van der Waals surface area contributed by atoms with Crippen LogP contribution in [0.1, 0.15) is 38.7 Å². The highest BCUT2D eigenvalue weighted by molar-refractivity contribution is 7.99. The lowest BCUT2D eigenvalue weighted by Gasteiger charge is -2.38. The van der Waals surface area contributed by atoms with Gasteiger partial charge in [-0.15, -0.1) is 0 Å². The molecule has 2 aliphatic rings. The van der Waals surface area contributed by atoms with E-state index >= 15 is 0 Å². The van der Waals surface area contributed by atoms with Gasteiger partial charge in [-0.25, -0.2) is 9.18 Å². The highest BCUT2D eigenvalue weighted by Gasteiger charge is 2.47. The number of halogens is 1. The minimum absolute atomic E-state index is 0.182. The van der Waals surface area contributed by atoms with Crippen molar-refractivity contribution in [1.82, 2.24) is 5.32 Å². The Bertz CT molecular complexity index is 986. The fraction of sp³-hybridized carbons (Fsp3) is 0.458. The van der Waals surface area contributed by atoms with Crippen LogP contribution in [0.3, 0.4) is 0 Å². The molecule has 1 aliphatic carbocycles. The first kappa shape index (κ1) is 24.0. The van der Waals surface area contributed by atoms with Crippen molar-refractivity contribution in [3.8, 4) is 0 Å². The molecule has 1 aromatic rings. The first-order valence-electron chi connectivity index (χ1n) is 10.6. The van der Waals surface area contributed by atoms with Crippen LogP contribution in [0, 0.1) is 17.7 Å². The number of rotatable bonds is 7. The fourth-order valence-corrected chi connectivity index (χ4v) is 4.88. The smallest absolute Gasteiger partial charge is 0.336 e. The van der Waals surface area contributed by atoms with Crippen LogP contribution in [-0.2, 0) is 23.9 Å². The molecule has 0 saturated heterocycles. The highest BCUT2D eigenvalue weighted by Crippen LogP contribution is 2.46. The predicted octanol–water partition coefficient (Wildman–Crippen LogP) is 3.74. The van der Waals surface area contributed by atoms with Gasteiger partial charge < -0.3 is 14.8 Å². The van der Waals surface area contributed by atoms with Crippen LogP contribution in [0.2, 0.25) is 0 Å². The molecule has 0 radical (unpaired) electrons. The summed E-state index contributed by atoms with van der Waals surface area (Å²) in [5, 5.41) is 3.17. The molecule has 3 atom stereocenters. The van der Waals surface area contributed by atoms with Crippen molar-refractivity contribution < 1.29 is 28.2 Å². The zero-order valence-corrected chi connectivity index (χ0v) is 19.5. The number of allylic oxidation sites excluding steroid dienone is 3. The first-order chi connectivity index (χ1) is 15.3. The first-order valence-corrected chi connectivity index (χ1v) is 11.8. The van der Waals surface area contributed by atoms with E-state index in [9.17, 15) is 18.8 Å². The molecule has 1 heterocycles. The van der Waals surface area contributed by atoms with Gasteiger partial charge in [-0.2, -0.15) is 11.8 Å². The number of hydrogen-bond donors (Lipinski definition) is 1. The number of ketones is 1. The standard InChI is InChI=1S/C24H28FNO5S/c1-5-32-11-10-31-24(29)19-14(3)26-17-12-13(2)18(23(28)30-4)22(27)21(17)20(19)15-8-6-7-9-16(15)25/h6-9,13,18,20,26H,5,10-12H2,1-4H3/t13-,18-,20-/m1/s1. The zero-order chi connectivity index (χ0) is 23.4. The second-order valence-electron chi connectivity index (χ2n) is 7.89. The van der Waals surface area contributed by atoms with Gasteiger partial charge in [0.1, 0.15) is 18.3 Å². The van der Waals surface area contributed by atoms with E-state index in [-0.39, 0.29) is 29.2 Å². The maximum Gasteiger partial charge on any atom is 0.336 e. The number of methoxy groups -OCH3 is 1. The minimum atomic E-state index is -1.01. The van der Waals surface area contributed by atoms with Gasteiger partial charge in [-0.1, -0.05) is 32.0 Å². The number of carbonyl (C=O) groups is 3. The molecule has 0 amide bonds. The average molecular weight is 462 g/mol. The lowest BCUT2D eigenvalue weighted by Crippen LogP contribution is -2.43. The summed E-state index contributed by atoms with van der Waals surface area (Å²) in [4.78, 5) is 39.0. The molecular formula is C24H28FNO5S. The molecule has 1 aromatic carbocycles. The summed E-state index contributed by atoms with van der Waals surface area (Å²) in [6.45, 7) is 5.74. The summed E-state index contributed by atoms with van der Waals surface area (Å²) >= 11 is 1.64. The van der Waals surface area contributed by atoms with Crippen molar-refractivity contribution in [2.45, 2.75) is 33.1 Å². The zero-order valence-electron chi connectivity index (χ0n) is 18.7. The summed E-state index contributed by atoms with van der Waals surface area (Å²) in [5.74, 6) is -2.96. The van der Waals surface area contributed by atoms with Gasteiger partial charge in [0.2, 0.25) is 0 Å². The second-order valence-corrected chi connectivity index (χ2v) is 9.28. The van der Waals surface area contributed by atoms with Crippen LogP contribution in [0.25, 0.3) is 0 Å². The van der Waals surface area contributed by atoms with E-state index in [1.807, 2.05) is 6.92 Å². The van der Waals surface area contributed by atoms with Crippen molar-refractivity contribution in [3.05, 3.63) is 58.2 Å². The Morgan fingerprint density at radius 1 is 1.28 bits per heavy atom. The Kier molecular flexibility index (Phi) is 7.77. The van der Waals surface area contributed by atoms with Crippen LogP contribution in [0.4, 0.5) is 4.39 Å². The molecule has 0 bridgehead atoms. The highest BCUT2D eigenvalue weighted by atomic mass is 32.2. The normalized spacial score (nSPS) is 22.9. The summed E-state index contributed by atoms with van der Waals surface area (Å²) in [6.07, 6.45) is 0.401. The molecular weight excluding hydrogens is 433 g/mol. The third-order valence-electron chi connectivity index (χ3n) is 5.84. The fourth-order valence-electron chi connectivity index (χ4n) is 4.39. The van der Waals surface area contributed by atoms with E-state index in [4.69, 9.17) is 9.47 Å². The Balaban J connectivity index is 2.09. The van der Waals surface area contributed by atoms with Crippen LogP contribution in [0.15, 0.2) is 46.8 Å². The summed E-state index contributed by atoms with van der Waals surface area (Å²) < 4.78 is 25.3. The summed E-state index contributed by atoms with van der Waals surface area (Å²) in [6, 6.07) is 6.06. The number of nitrogens with one attached hydrogen (secondary N) is 1. The molecule has 0 unspecified atom stereocenters. The van der Waals surface area contributed by atoms with Crippen molar-refractivity contribution in [3.63, 3.8) is 0 Å².